The van der Waals surface area contributed by atoms with E-state index in [1.54, 1.807) is 12.7 Å². The molecule has 0 heterocycles. The number of hydrogen-bond donors (Lipinski definition) is 0. The predicted molar refractivity (Wildman–Crippen MR) is 130 cm³/mol. The highest BCUT2D eigenvalue weighted by atomic mass is 16.5. The molecule has 0 aromatic heterocycles. The van der Waals surface area contributed by atoms with Crippen molar-refractivity contribution in [2.45, 2.75) is 90.4 Å². The van der Waals surface area contributed by atoms with Crippen LogP contribution >= 0.6 is 0 Å². The lowest BCUT2D eigenvalue weighted by Crippen LogP contribution is -2.13. The zero-order valence-electron chi connectivity index (χ0n) is 19.6. The highest BCUT2D eigenvalue weighted by Gasteiger charge is 2.22. The van der Waals surface area contributed by atoms with E-state index < -0.39 is 0 Å². The quantitative estimate of drug-likeness (QED) is 0.341. The molecule has 0 atom stereocenters. The van der Waals surface area contributed by atoms with Gasteiger partial charge in [0.2, 0.25) is 0 Å². The van der Waals surface area contributed by atoms with Gasteiger partial charge in [0.15, 0.2) is 0 Å². The number of ether oxygens (including phenoxy) is 1. The minimum absolute atomic E-state index is 0.773. The van der Waals surface area contributed by atoms with Gasteiger partial charge < -0.3 is 4.74 Å². The van der Waals surface area contributed by atoms with Crippen LogP contribution < -0.4 is 0 Å². The van der Waals surface area contributed by atoms with E-state index in [4.69, 9.17) is 4.74 Å². The van der Waals surface area contributed by atoms with E-state index in [0.29, 0.717) is 0 Å². The SMILES string of the molecule is CCCCCC1CCC(c2ccc(-c3ccc(CCCOC)cc3CC)cc2)CC1. The molecule has 164 valence electrons. The Kier molecular flexibility index (Phi) is 9.46. The molecule has 0 unspecified atom stereocenters. The maximum absolute atomic E-state index is 5.20. The summed E-state index contributed by atoms with van der Waals surface area (Å²) >= 11 is 0. The monoisotopic (exact) mass is 406 g/mol. The van der Waals surface area contributed by atoms with E-state index in [-0.39, 0.29) is 0 Å². The fourth-order valence-corrected chi connectivity index (χ4v) is 5.20. The van der Waals surface area contributed by atoms with Gasteiger partial charge in [-0.25, -0.2) is 0 Å². The standard InChI is InChI=1S/C29H42O/c1-4-6-7-9-23-11-14-26(15-12-23)27-16-18-28(19-17-27)29-20-13-24(10-8-21-30-3)22-25(29)5-2/h13,16-20,22-23,26H,4-12,14-15,21H2,1-3H3. The molecule has 0 spiro atoms. The number of hydrogen-bond acceptors (Lipinski definition) is 1. The Morgan fingerprint density at radius 3 is 2.30 bits per heavy atom. The molecule has 1 aliphatic carbocycles. The van der Waals surface area contributed by atoms with Crippen LogP contribution in [0.2, 0.25) is 0 Å². The molecule has 1 fully saturated rings. The molecule has 3 rings (SSSR count). The molecule has 1 nitrogen and oxygen atoms in total. The van der Waals surface area contributed by atoms with E-state index in [1.165, 1.54) is 73.6 Å². The topological polar surface area (TPSA) is 9.23 Å². The molecule has 1 heteroatoms. The second kappa shape index (κ2) is 12.3. The first-order valence-corrected chi connectivity index (χ1v) is 12.5. The minimum atomic E-state index is 0.773. The Morgan fingerprint density at radius 1 is 0.867 bits per heavy atom. The summed E-state index contributed by atoms with van der Waals surface area (Å²) in [4.78, 5) is 0. The second-order valence-corrected chi connectivity index (χ2v) is 9.28. The zero-order chi connectivity index (χ0) is 21.2. The van der Waals surface area contributed by atoms with Gasteiger partial charge in [0, 0.05) is 13.7 Å². The third kappa shape index (κ3) is 6.45. The molecule has 2 aromatic carbocycles. The van der Waals surface area contributed by atoms with E-state index in [0.717, 1.165) is 37.7 Å². The smallest absolute Gasteiger partial charge is 0.0465 e. The van der Waals surface area contributed by atoms with Crippen LogP contribution in [-0.4, -0.2) is 13.7 Å². The highest BCUT2D eigenvalue weighted by molar-refractivity contribution is 5.68. The highest BCUT2D eigenvalue weighted by Crippen LogP contribution is 2.38. The summed E-state index contributed by atoms with van der Waals surface area (Å²) in [6, 6.07) is 16.6. The molecule has 0 N–H and O–H groups in total. The van der Waals surface area contributed by atoms with Crippen molar-refractivity contribution in [2.24, 2.45) is 5.92 Å². The van der Waals surface area contributed by atoms with Crippen molar-refractivity contribution in [3.8, 4) is 11.1 Å². The Balaban J connectivity index is 1.60. The lowest BCUT2D eigenvalue weighted by Gasteiger charge is -2.29. The Bertz CT molecular complexity index is 737. The first-order chi connectivity index (χ1) is 14.7. The van der Waals surface area contributed by atoms with Gasteiger partial charge in [-0.05, 0) is 84.6 Å². The van der Waals surface area contributed by atoms with E-state index in [9.17, 15) is 0 Å². The van der Waals surface area contributed by atoms with Gasteiger partial charge in [-0.3, -0.25) is 0 Å². The van der Waals surface area contributed by atoms with Crippen LogP contribution in [0.5, 0.6) is 0 Å². The lowest BCUT2D eigenvalue weighted by molar-refractivity contribution is 0.195. The van der Waals surface area contributed by atoms with Gasteiger partial charge in [0.25, 0.3) is 0 Å². The Labute approximate surface area is 185 Å². The van der Waals surface area contributed by atoms with Crippen LogP contribution in [-0.2, 0) is 17.6 Å². The third-order valence-corrected chi connectivity index (χ3v) is 7.12. The molecule has 30 heavy (non-hydrogen) atoms. The number of methoxy groups -OCH3 is 1. The van der Waals surface area contributed by atoms with Crippen molar-refractivity contribution in [2.75, 3.05) is 13.7 Å². The lowest BCUT2D eigenvalue weighted by atomic mass is 9.77. The van der Waals surface area contributed by atoms with Crippen molar-refractivity contribution in [1.82, 2.24) is 0 Å². The summed E-state index contributed by atoms with van der Waals surface area (Å²) in [5, 5.41) is 0. The van der Waals surface area contributed by atoms with Crippen LogP contribution in [0.15, 0.2) is 42.5 Å². The van der Waals surface area contributed by atoms with Gasteiger partial charge in [0.1, 0.15) is 0 Å². The maximum atomic E-state index is 5.20. The van der Waals surface area contributed by atoms with E-state index >= 15 is 0 Å². The maximum Gasteiger partial charge on any atom is 0.0465 e. The van der Waals surface area contributed by atoms with Crippen molar-refractivity contribution in [3.63, 3.8) is 0 Å². The van der Waals surface area contributed by atoms with E-state index in [2.05, 4.69) is 56.3 Å². The van der Waals surface area contributed by atoms with Crippen LogP contribution in [0.1, 0.15) is 94.2 Å². The van der Waals surface area contributed by atoms with Crippen molar-refractivity contribution in [1.29, 1.82) is 0 Å². The summed E-state index contributed by atoms with van der Waals surface area (Å²) < 4.78 is 5.20. The molecule has 0 saturated heterocycles. The van der Waals surface area contributed by atoms with Gasteiger partial charge in [-0.15, -0.1) is 0 Å². The number of unbranched alkanes of at least 4 members (excludes halogenated alkanes) is 2. The first kappa shape index (κ1) is 23.1. The zero-order valence-corrected chi connectivity index (χ0v) is 19.6. The van der Waals surface area contributed by atoms with Crippen LogP contribution in [0.3, 0.4) is 0 Å². The van der Waals surface area contributed by atoms with Gasteiger partial charge in [-0.2, -0.15) is 0 Å². The number of aryl methyl sites for hydroxylation is 2. The van der Waals surface area contributed by atoms with Crippen LogP contribution in [0.4, 0.5) is 0 Å². The summed E-state index contributed by atoms with van der Waals surface area (Å²) in [5.74, 6) is 1.76. The van der Waals surface area contributed by atoms with Gasteiger partial charge >= 0.3 is 0 Å². The Morgan fingerprint density at radius 2 is 1.63 bits per heavy atom. The summed E-state index contributed by atoms with van der Waals surface area (Å²) in [6.45, 7) is 5.41. The molecular formula is C29H42O. The molecule has 1 aliphatic rings. The normalized spacial score (nSPS) is 19.2. The van der Waals surface area contributed by atoms with Crippen LogP contribution in [0.25, 0.3) is 11.1 Å². The summed E-state index contributed by atoms with van der Waals surface area (Å²) in [7, 11) is 1.78. The number of rotatable bonds is 11. The number of benzene rings is 2. The largest absolute Gasteiger partial charge is 0.385 e. The average Bonchev–Trinajstić information content (AvgIpc) is 2.80. The fourth-order valence-electron chi connectivity index (χ4n) is 5.20. The Hall–Kier alpha value is -1.60. The first-order valence-electron chi connectivity index (χ1n) is 12.5. The summed E-state index contributed by atoms with van der Waals surface area (Å²) in [5.41, 5.74) is 7.22. The molecule has 2 aromatic rings. The molecule has 0 bridgehead atoms. The van der Waals surface area contributed by atoms with Gasteiger partial charge in [0.05, 0.1) is 0 Å². The predicted octanol–water partition coefficient (Wildman–Crippen LogP) is 8.35. The second-order valence-electron chi connectivity index (χ2n) is 9.28. The van der Waals surface area contributed by atoms with E-state index in [1.807, 2.05) is 0 Å². The van der Waals surface area contributed by atoms with Gasteiger partial charge in [-0.1, -0.05) is 82.0 Å². The molecular weight excluding hydrogens is 364 g/mol. The average molecular weight is 407 g/mol. The molecule has 0 aliphatic heterocycles. The minimum Gasteiger partial charge on any atom is -0.385 e. The van der Waals surface area contributed by atoms with Crippen molar-refractivity contribution >= 4 is 0 Å². The molecule has 0 radical (unpaired) electrons. The van der Waals surface area contributed by atoms with Crippen LogP contribution in [0, 0.1) is 5.92 Å². The van der Waals surface area contributed by atoms with Crippen molar-refractivity contribution < 1.29 is 4.74 Å². The van der Waals surface area contributed by atoms with Crippen molar-refractivity contribution in [3.05, 3.63) is 59.2 Å². The summed E-state index contributed by atoms with van der Waals surface area (Å²) in [6.07, 6.45) is 14.5. The third-order valence-electron chi connectivity index (χ3n) is 7.12. The fraction of sp³-hybridized carbons (Fsp3) is 0.586. The molecule has 0 amide bonds. The molecule has 1 saturated carbocycles.